The molecule has 0 spiro atoms. The van der Waals surface area contributed by atoms with Gasteiger partial charge in [0.25, 0.3) is 0 Å². The zero-order valence-electron chi connectivity index (χ0n) is 7.05. The molecule has 4 heteroatoms. The Balaban J connectivity index is 4.02. The van der Waals surface area contributed by atoms with Crippen molar-refractivity contribution in [1.29, 1.82) is 0 Å². The van der Waals surface area contributed by atoms with E-state index in [4.69, 9.17) is 5.11 Å². The minimum atomic E-state index is -1.06. The molecule has 0 aromatic rings. The highest BCUT2D eigenvalue weighted by molar-refractivity contribution is 5.85. The van der Waals surface area contributed by atoms with E-state index in [1.807, 2.05) is 6.92 Å². The van der Waals surface area contributed by atoms with Crippen LogP contribution >= 0.6 is 0 Å². The summed E-state index contributed by atoms with van der Waals surface area (Å²) < 4.78 is 11.9. The van der Waals surface area contributed by atoms with Crippen molar-refractivity contribution in [1.82, 2.24) is 0 Å². The van der Waals surface area contributed by atoms with Crippen molar-refractivity contribution in [3.8, 4) is 0 Å². The predicted octanol–water partition coefficient (Wildman–Crippen LogP) is 1.42. The van der Waals surface area contributed by atoms with E-state index in [-0.39, 0.29) is 6.42 Å². The molecule has 0 saturated carbocycles. The van der Waals surface area contributed by atoms with E-state index < -0.39 is 24.3 Å². The number of Topliss-reactive ketones (excluding diaryl/α,β-unsaturated/α-hetero) is 1. The number of hydrogen-bond acceptors (Lipinski definition) is 2. The number of carbonyl (C=O) groups excluding carboxylic acids is 1. The Morgan fingerprint density at radius 3 is 2.42 bits per heavy atom. The molecule has 0 fully saturated rings. The monoisotopic (exact) mass is 176 g/mol. The van der Waals surface area contributed by atoms with Crippen LogP contribution in [0, 0.1) is 5.92 Å². The van der Waals surface area contributed by atoms with Crippen molar-refractivity contribution in [3.63, 3.8) is 0 Å². The average molecular weight is 176 g/mol. The van der Waals surface area contributed by atoms with Crippen molar-refractivity contribution in [2.75, 3.05) is 6.67 Å². The summed E-state index contributed by atoms with van der Waals surface area (Å²) in [5, 5.41) is 8.38. The van der Waals surface area contributed by atoms with Gasteiger partial charge in [0.15, 0.2) is 5.78 Å². The first-order valence-electron chi connectivity index (χ1n) is 3.92. The number of carboxylic acid groups (broad SMARTS) is 1. The summed E-state index contributed by atoms with van der Waals surface area (Å²) in [6, 6.07) is 0. The van der Waals surface area contributed by atoms with Gasteiger partial charge in [0, 0.05) is 5.92 Å². The average Bonchev–Trinajstić information content (AvgIpc) is 2.01. The van der Waals surface area contributed by atoms with Gasteiger partial charge < -0.3 is 5.11 Å². The molecule has 1 N–H and O–H groups in total. The third kappa shape index (κ3) is 4.05. The first kappa shape index (κ1) is 11.1. The second-order valence-corrected chi connectivity index (χ2v) is 2.68. The highest BCUT2D eigenvalue weighted by Crippen LogP contribution is 2.12. The van der Waals surface area contributed by atoms with Gasteiger partial charge in [-0.1, -0.05) is 13.3 Å². The lowest BCUT2D eigenvalue weighted by Gasteiger charge is -2.09. The van der Waals surface area contributed by atoms with E-state index in [9.17, 15) is 14.0 Å². The summed E-state index contributed by atoms with van der Waals surface area (Å²) in [4.78, 5) is 21.0. The number of alkyl halides is 1. The summed E-state index contributed by atoms with van der Waals surface area (Å²) in [6.45, 7) is 0.776. The summed E-state index contributed by atoms with van der Waals surface area (Å²) in [6.07, 6.45) is 0.898. The van der Waals surface area contributed by atoms with Gasteiger partial charge in [-0.3, -0.25) is 9.59 Å². The summed E-state index contributed by atoms with van der Waals surface area (Å²) in [5.74, 6) is -2.29. The van der Waals surface area contributed by atoms with E-state index in [1.54, 1.807) is 0 Å². The zero-order valence-corrected chi connectivity index (χ0v) is 7.05. The topological polar surface area (TPSA) is 54.4 Å². The Kier molecular flexibility index (Phi) is 5.25. The van der Waals surface area contributed by atoms with Crippen LogP contribution in [-0.2, 0) is 9.59 Å². The molecule has 1 unspecified atom stereocenters. The molecule has 0 radical (unpaired) electrons. The Hall–Kier alpha value is -0.930. The summed E-state index contributed by atoms with van der Waals surface area (Å²) >= 11 is 0. The second kappa shape index (κ2) is 5.69. The van der Waals surface area contributed by atoms with E-state index in [0.717, 1.165) is 0 Å². The van der Waals surface area contributed by atoms with Gasteiger partial charge in [0.05, 0.1) is 6.42 Å². The van der Waals surface area contributed by atoms with Crippen molar-refractivity contribution < 1.29 is 19.1 Å². The fourth-order valence-electron chi connectivity index (χ4n) is 1.05. The van der Waals surface area contributed by atoms with Crippen LogP contribution in [0.2, 0.25) is 0 Å². The Labute approximate surface area is 70.6 Å². The van der Waals surface area contributed by atoms with Gasteiger partial charge in [-0.25, -0.2) is 4.39 Å². The SMILES string of the molecule is CCCC(CC(=O)O)C(=O)CF. The lowest BCUT2D eigenvalue weighted by molar-refractivity contribution is -0.141. The van der Waals surface area contributed by atoms with E-state index >= 15 is 0 Å². The van der Waals surface area contributed by atoms with Gasteiger partial charge in [-0.2, -0.15) is 0 Å². The number of ketones is 1. The highest BCUT2D eigenvalue weighted by Gasteiger charge is 2.19. The minimum absolute atomic E-state index is 0.253. The largest absolute Gasteiger partial charge is 0.481 e. The van der Waals surface area contributed by atoms with E-state index in [0.29, 0.717) is 12.8 Å². The van der Waals surface area contributed by atoms with Gasteiger partial charge in [-0.15, -0.1) is 0 Å². The Morgan fingerprint density at radius 1 is 1.50 bits per heavy atom. The molecule has 0 heterocycles. The number of halogens is 1. The van der Waals surface area contributed by atoms with E-state index in [1.165, 1.54) is 0 Å². The van der Waals surface area contributed by atoms with Gasteiger partial charge >= 0.3 is 5.97 Å². The quantitative estimate of drug-likeness (QED) is 0.665. The number of carboxylic acids is 1. The molecule has 1 atom stereocenters. The number of aliphatic carboxylic acids is 1. The van der Waals surface area contributed by atoms with Crippen molar-refractivity contribution >= 4 is 11.8 Å². The fraction of sp³-hybridized carbons (Fsp3) is 0.750. The molecule has 0 aliphatic rings. The first-order chi connectivity index (χ1) is 5.61. The van der Waals surface area contributed by atoms with Crippen LogP contribution in [-0.4, -0.2) is 23.5 Å². The molecule has 70 valence electrons. The smallest absolute Gasteiger partial charge is 0.304 e. The van der Waals surface area contributed by atoms with Crippen LogP contribution in [0.4, 0.5) is 4.39 Å². The number of carbonyl (C=O) groups is 2. The fourth-order valence-corrected chi connectivity index (χ4v) is 1.05. The molecular weight excluding hydrogens is 163 g/mol. The van der Waals surface area contributed by atoms with E-state index in [2.05, 4.69) is 0 Å². The number of rotatable bonds is 6. The molecule has 0 aliphatic heterocycles. The highest BCUT2D eigenvalue weighted by atomic mass is 19.1. The van der Waals surface area contributed by atoms with Crippen LogP contribution in [0.25, 0.3) is 0 Å². The Morgan fingerprint density at radius 2 is 2.08 bits per heavy atom. The summed E-state index contributed by atoms with van der Waals surface area (Å²) in [5.41, 5.74) is 0. The minimum Gasteiger partial charge on any atom is -0.481 e. The maximum atomic E-state index is 11.9. The molecular formula is C8H13FO3. The molecule has 12 heavy (non-hydrogen) atoms. The lowest BCUT2D eigenvalue weighted by Crippen LogP contribution is -2.19. The van der Waals surface area contributed by atoms with Gasteiger partial charge in [0.2, 0.25) is 0 Å². The predicted molar refractivity (Wildman–Crippen MR) is 41.6 cm³/mol. The number of hydrogen-bond donors (Lipinski definition) is 1. The maximum absolute atomic E-state index is 11.9. The second-order valence-electron chi connectivity index (χ2n) is 2.68. The zero-order chi connectivity index (χ0) is 9.56. The van der Waals surface area contributed by atoms with Gasteiger partial charge in [-0.05, 0) is 6.42 Å². The van der Waals surface area contributed by atoms with Crippen LogP contribution < -0.4 is 0 Å². The van der Waals surface area contributed by atoms with Crippen LogP contribution in [0.1, 0.15) is 26.2 Å². The molecule has 0 amide bonds. The molecule has 0 aromatic carbocycles. The van der Waals surface area contributed by atoms with Gasteiger partial charge in [0.1, 0.15) is 6.67 Å². The summed E-state index contributed by atoms with van der Waals surface area (Å²) in [7, 11) is 0. The molecule has 0 aliphatic carbocycles. The van der Waals surface area contributed by atoms with Crippen LogP contribution in [0.15, 0.2) is 0 Å². The molecule has 0 rings (SSSR count). The standard InChI is InChI=1S/C8H13FO3/c1-2-3-6(4-8(11)12)7(10)5-9/h6H,2-5H2,1H3,(H,11,12). The lowest BCUT2D eigenvalue weighted by atomic mass is 9.96. The van der Waals surface area contributed by atoms with Crippen LogP contribution in [0.5, 0.6) is 0 Å². The molecule has 0 saturated heterocycles. The molecule has 0 aromatic heterocycles. The molecule has 0 bridgehead atoms. The third-order valence-electron chi connectivity index (χ3n) is 1.65. The van der Waals surface area contributed by atoms with Crippen molar-refractivity contribution in [2.45, 2.75) is 26.2 Å². The molecule has 3 nitrogen and oxygen atoms in total. The van der Waals surface area contributed by atoms with Crippen molar-refractivity contribution in [3.05, 3.63) is 0 Å². The first-order valence-corrected chi connectivity index (χ1v) is 3.92. The van der Waals surface area contributed by atoms with Crippen LogP contribution in [0.3, 0.4) is 0 Å². The maximum Gasteiger partial charge on any atom is 0.304 e. The normalized spacial score (nSPS) is 12.5. The third-order valence-corrected chi connectivity index (χ3v) is 1.65. The Bertz CT molecular complexity index is 168. The van der Waals surface area contributed by atoms with Crippen molar-refractivity contribution in [2.24, 2.45) is 5.92 Å².